The van der Waals surface area contributed by atoms with E-state index in [9.17, 15) is 9.59 Å². The Morgan fingerprint density at radius 3 is 2.43 bits per heavy atom. The summed E-state index contributed by atoms with van der Waals surface area (Å²) in [5.74, 6) is -0.954. The van der Waals surface area contributed by atoms with Crippen LogP contribution in [0.2, 0.25) is 0 Å². The molecule has 0 aliphatic carbocycles. The molecule has 1 fully saturated rings. The maximum atomic E-state index is 11.7. The van der Waals surface area contributed by atoms with E-state index in [0.717, 1.165) is 0 Å². The summed E-state index contributed by atoms with van der Waals surface area (Å²) < 4.78 is 10.3. The smallest absolute Gasteiger partial charge is 0.493 e. The topological polar surface area (TPSA) is 84.9 Å². The first-order valence-electron chi connectivity index (χ1n) is 6.47. The summed E-state index contributed by atoms with van der Waals surface area (Å²) in [6, 6.07) is 0. The van der Waals surface area contributed by atoms with Gasteiger partial charge < -0.3 is 14.2 Å². The van der Waals surface area contributed by atoms with Crippen molar-refractivity contribution < 1.29 is 18.9 Å². The summed E-state index contributed by atoms with van der Waals surface area (Å²) in [5.41, 5.74) is 1.00. The van der Waals surface area contributed by atoms with Crippen LogP contribution in [0.5, 0.6) is 0 Å². The molecular weight excluding hydrogens is 275 g/mol. The normalized spacial score (nSPS) is 17.2. The third-order valence-corrected chi connectivity index (χ3v) is 2.70. The van der Waals surface area contributed by atoms with Crippen molar-refractivity contribution in [3.63, 3.8) is 0 Å². The fourth-order valence-electron chi connectivity index (χ4n) is 1.89. The van der Waals surface area contributed by atoms with Crippen molar-refractivity contribution in [3.8, 4) is 0 Å². The molecule has 112 valence electrons. The van der Waals surface area contributed by atoms with Crippen molar-refractivity contribution in [2.45, 2.75) is 6.54 Å². The van der Waals surface area contributed by atoms with Crippen molar-refractivity contribution in [1.29, 1.82) is 0 Å². The highest BCUT2D eigenvalue weighted by molar-refractivity contribution is 6.63. The van der Waals surface area contributed by atoms with Crippen LogP contribution < -0.4 is 5.59 Å². The third kappa shape index (κ3) is 4.50. The molecule has 0 amide bonds. The van der Waals surface area contributed by atoms with Crippen LogP contribution in [0.15, 0.2) is 12.4 Å². The van der Waals surface area contributed by atoms with E-state index in [1.165, 1.54) is 11.1 Å². The molecule has 9 heteroatoms. The molecule has 0 aromatic carbocycles. The zero-order valence-corrected chi connectivity index (χ0v) is 12.3. The molecule has 2 heterocycles. The molecule has 0 bridgehead atoms. The monoisotopic (exact) mass is 292 g/mol. The lowest BCUT2D eigenvalue weighted by molar-refractivity contribution is -0.145. The number of carbonyl (C=O) groups excluding carboxylic acids is 2. The minimum atomic E-state index is -1.15. The van der Waals surface area contributed by atoms with E-state index in [1.54, 1.807) is 13.2 Å². The van der Waals surface area contributed by atoms with Gasteiger partial charge >= 0.3 is 19.1 Å². The van der Waals surface area contributed by atoms with E-state index >= 15 is 0 Å². The summed E-state index contributed by atoms with van der Waals surface area (Å²) in [7, 11) is 4.30. The minimum Gasteiger partial charge on any atom is -0.493 e. The fourth-order valence-corrected chi connectivity index (χ4v) is 1.89. The average Bonchev–Trinajstić information content (AvgIpc) is 2.35. The SMILES string of the molecule is CN(C)Cc1cncc(B2OC(=O)CN(C)CC(=O)O2)n1. The first-order chi connectivity index (χ1) is 9.94. The van der Waals surface area contributed by atoms with E-state index in [4.69, 9.17) is 9.31 Å². The van der Waals surface area contributed by atoms with Crippen LogP contribution >= 0.6 is 0 Å². The van der Waals surface area contributed by atoms with Crippen LogP contribution in [0, 0.1) is 0 Å². The highest BCUT2D eigenvalue weighted by atomic mass is 16.6. The van der Waals surface area contributed by atoms with Gasteiger partial charge in [0, 0.05) is 18.9 Å². The van der Waals surface area contributed by atoms with Gasteiger partial charge in [-0.1, -0.05) is 0 Å². The molecule has 0 unspecified atom stereocenters. The van der Waals surface area contributed by atoms with E-state index in [-0.39, 0.29) is 13.1 Å². The van der Waals surface area contributed by atoms with Crippen LogP contribution in [-0.2, 0) is 25.4 Å². The van der Waals surface area contributed by atoms with Crippen molar-refractivity contribution in [1.82, 2.24) is 19.8 Å². The molecule has 0 saturated carbocycles. The molecule has 0 spiro atoms. The van der Waals surface area contributed by atoms with E-state index in [2.05, 4.69) is 9.97 Å². The first kappa shape index (κ1) is 15.4. The van der Waals surface area contributed by atoms with Gasteiger partial charge in [0.15, 0.2) is 0 Å². The summed E-state index contributed by atoms with van der Waals surface area (Å²) in [4.78, 5) is 35.2. The molecule has 1 aromatic rings. The number of nitrogens with zero attached hydrogens (tertiary/aromatic N) is 4. The Labute approximate surface area is 123 Å². The molecule has 1 aliphatic rings. The predicted octanol–water partition coefficient (Wildman–Crippen LogP) is -1.73. The highest BCUT2D eigenvalue weighted by Gasteiger charge is 2.35. The molecular formula is C12H17BN4O4. The molecule has 8 nitrogen and oxygen atoms in total. The molecule has 21 heavy (non-hydrogen) atoms. The van der Waals surface area contributed by atoms with Crippen LogP contribution in [-0.4, -0.2) is 73.1 Å². The summed E-state index contributed by atoms with van der Waals surface area (Å²) in [5, 5.41) is 0. The molecule has 1 aliphatic heterocycles. The Kier molecular flexibility index (Phi) is 4.87. The van der Waals surface area contributed by atoms with Crippen LogP contribution in [0.25, 0.3) is 0 Å². The maximum absolute atomic E-state index is 11.7. The van der Waals surface area contributed by atoms with Crippen LogP contribution in [0.3, 0.4) is 0 Å². The van der Waals surface area contributed by atoms with Crippen molar-refractivity contribution in [2.24, 2.45) is 0 Å². The zero-order chi connectivity index (χ0) is 15.4. The Morgan fingerprint density at radius 2 is 1.86 bits per heavy atom. The third-order valence-electron chi connectivity index (χ3n) is 2.70. The molecule has 0 N–H and O–H groups in total. The standard InChI is InChI=1S/C12H17BN4O4/c1-16(2)6-9-4-14-5-10(15-9)13-20-11(18)7-17(3)8-12(19)21-13/h4-5H,6-8H2,1-3H3. The Hall–Kier alpha value is -2.00. The van der Waals surface area contributed by atoms with Gasteiger partial charge in [-0.25, -0.2) is 0 Å². The van der Waals surface area contributed by atoms with Gasteiger partial charge in [-0.2, -0.15) is 0 Å². The lowest BCUT2D eigenvalue weighted by atomic mass is 9.84. The maximum Gasteiger partial charge on any atom is 0.657 e. The predicted molar refractivity (Wildman–Crippen MR) is 74.5 cm³/mol. The van der Waals surface area contributed by atoms with Gasteiger partial charge in [-0.3, -0.25) is 24.5 Å². The average molecular weight is 292 g/mol. The van der Waals surface area contributed by atoms with E-state index in [1.807, 2.05) is 19.0 Å². The molecule has 1 aromatic heterocycles. The van der Waals surface area contributed by atoms with E-state index < -0.39 is 19.1 Å². The number of hydrogen-bond acceptors (Lipinski definition) is 8. The molecule has 1 saturated heterocycles. The number of aromatic nitrogens is 2. The second kappa shape index (κ2) is 6.64. The van der Waals surface area contributed by atoms with Gasteiger partial charge in [0.05, 0.1) is 18.8 Å². The number of hydrogen-bond donors (Lipinski definition) is 0. The van der Waals surface area contributed by atoms with Crippen molar-refractivity contribution in [3.05, 3.63) is 18.1 Å². The lowest BCUT2D eigenvalue weighted by Gasteiger charge is -2.22. The van der Waals surface area contributed by atoms with Gasteiger partial charge in [-0.05, 0) is 21.1 Å². The Morgan fingerprint density at radius 1 is 1.24 bits per heavy atom. The van der Waals surface area contributed by atoms with Gasteiger partial charge in [-0.15, -0.1) is 0 Å². The Bertz CT molecular complexity index is 520. The van der Waals surface area contributed by atoms with Gasteiger partial charge in [0.2, 0.25) is 0 Å². The second-order valence-corrected chi connectivity index (χ2v) is 5.16. The van der Waals surface area contributed by atoms with Gasteiger partial charge in [0.25, 0.3) is 0 Å². The van der Waals surface area contributed by atoms with E-state index in [0.29, 0.717) is 17.8 Å². The number of carbonyl (C=O) groups is 2. The summed E-state index contributed by atoms with van der Waals surface area (Å²) >= 11 is 0. The number of likely N-dealkylation sites (N-methyl/N-ethyl adjacent to an activating group) is 1. The van der Waals surface area contributed by atoms with Crippen LogP contribution in [0.1, 0.15) is 5.69 Å². The first-order valence-corrected chi connectivity index (χ1v) is 6.47. The minimum absolute atomic E-state index is 0.0242. The van der Waals surface area contributed by atoms with Gasteiger partial charge in [0.1, 0.15) is 5.59 Å². The molecule has 0 atom stereocenters. The quantitative estimate of drug-likeness (QED) is 0.607. The largest absolute Gasteiger partial charge is 0.657 e. The highest BCUT2D eigenvalue weighted by Crippen LogP contribution is 2.01. The Balaban J connectivity index is 2.18. The number of rotatable bonds is 3. The lowest BCUT2D eigenvalue weighted by Crippen LogP contribution is -2.49. The van der Waals surface area contributed by atoms with Crippen molar-refractivity contribution in [2.75, 3.05) is 34.2 Å². The zero-order valence-electron chi connectivity index (χ0n) is 12.3. The second-order valence-electron chi connectivity index (χ2n) is 5.16. The van der Waals surface area contributed by atoms with Crippen molar-refractivity contribution >= 4 is 24.7 Å². The molecule has 0 radical (unpaired) electrons. The fraction of sp³-hybridized carbons (Fsp3) is 0.500. The van der Waals surface area contributed by atoms with Crippen LogP contribution in [0.4, 0.5) is 0 Å². The molecule has 2 rings (SSSR count). The summed E-state index contributed by atoms with van der Waals surface area (Å²) in [6.45, 7) is 0.630. The summed E-state index contributed by atoms with van der Waals surface area (Å²) in [6.07, 6.45) is 3.04.